The van der Waals surface area contributed by atoms with E-state index in [4.69, 9.17) is 23.8 Å². The lowest BCUT2D eigenvalue weighted by molar-refractivity contribution is 0.0973. The van der Waals surface area contributed by atoms with E-state index in [1.54, 1.807) is 11.0 Å². The molecule has 0 radical (unpaired) electrons. The van der Waals surface area contributed by atoms with E-state index in [0.717, 1.165) is 4.90 Å². The Kier molecular flexibility index (Phi) is 6.83. The van der Waals surface area contributed by atoms with Crippen molar-refractivity contribution in [1.82, 2.24) is 10.2 Å². The van der Waals surface area contributed by atoms with Gasteiger partial charge in [-0.05, 0) is 30.4 Å². The van der Waals surface area contributed by atoms with E-state index in [2.05, 4.69) is 21.2 Å². The topological polar surface area (TPSA) is 35.6 Å². The van der Waals surface area contributed by atoms with E-state index in [9.17, 15) is 26.7 Å². The number of amides is 1. The molecule has 2 aromatic rings. The van der Waals surface area contributed by atoms with E-state index < -0.39 is 40.7 Å². The third-order valence-corrected chi connectivity index (χ3v) is 5.65. The van der Waals surface area contributed by atoms with Crippen LogP contribution in [0.1, 0.15) is 10.4 Å². The molecule has 1 amide bonds. The highest BCUT2D eigenvalue weighted by atomic mass is 79.9. The van der Waals surface area contributed by atoms with Crippen molar-refractivity contribution >= 4 is 56.5 Å². The smallest absolute Gasteiger partial charge is 0.258 e. The van der Waals surface area contributed by atoms with Crippen LogP contribution in [-0.2, 0) is 0 Å². The Labute approximate surface area is 186 Å². The molecule has 1 aliphatic heterocycles. The van der Waals surface area contributed by atoms with Crippen LogP contribution in [0, 0.1) is 29.1 Å². The lowest BCUT2D eigenvalue weighted by Crippen LogP contribution is -2.53. The van der Waals surface area contributed by atoms with Gasteiger partial charge >= 0.3 is 0 Å². The molecule has 4 nitrogen and oxygen atoms in total. The molecule has 0 spiro atoms. The second-order valence-electron chi connectivity index (χ2n) is 6.28. The second-order valence-corrected chi connectivity index (χ2v) is 7.99. The zero-order chi connectivity index (χ0) is 22.2. The van der Waals surface area contributed by atoms with Gasteiger partial charge in [0, 0.05) is 30.7 Å². The third-order valence-electron chi connectivity index (χ3n) is 4.46. The molecule has 0 bridgehead atoms. The predicted molar refractivity (Wildman–Crippen MR) is 109 cm³/mol. The van der Waals surface area contributed by atoms with Gasteiger partial charge in [0.1, 0.15) is 5.69 Å². The van der Waals surface area contributed by atoms with Gasteiger partial charge in [0.2, 0.25) is 5.82 Å². The number of piperazine rings is 1. The highest BCUT2D eigenvalue weighted by Gasteiger charge is 2.31. The molecule has 0 saturated carbocycles. The molecule has 1 N–H and O–H groups in total. The summed E-state index contributed by atoms with van der Waals surface area (Å²) in [4.78, 5) is 15.0. The van der Waals surface area contributed by atoms with Crippen molar-refractivity contribution in [2.24, 2.45) is 0 Å². The minimum atomic E-state index is -2.21. The van der Waals surface area contributed by atoms with E-state index in [1.807, 2.05) is 0 Å². The Morgan fingerprint density at radius 2 is 1.50 bits per heavy atom. The molecule has 3 rings (SSSR count). The average Bonchev–Trinajstić information content (AvgIpc) is 2.73. The Hall–Kier alpha value is -1.98. The fraction of sp³-hybridized carbons (Fsp3) is 0.222. The first-order chi connectivity index (χ1) is 14.1. The first kappa shape index (κ1) is 22.7. The van der Waals surface area contributed by atoms with E-state index >= 15 is 0 Å². The maximum Gasteiger partial charge on any atom is 0.258 e. The van der Waals surface area contributed by atoms with Gasteiger partial charge in [0.05, 0.1) is 10.6 Å². The number of hydrogen-bond donors (Lipinski definition) is 1. The predicted octanol–water partition coefficient (Wildman–Crippen LogP) is 4.63. The van der Waals surface area contributed by atoms with Crippen molar-refractivity contribution in [3.63, 3.8) is 0 Å². The van der Waals surface area contributed by atoms with Gasteiger partial charge in [-0.1, -0.05) is 27.5 Å². The Balaban J connectivity index is 1.68. The summed E-state index contributed by atoms with van der Waals surface area (Å²) in [6.07, 6.45) is 0. The first-order valence-corrected chi connectivity index (χ1v) is 10.0. The monoisotopic (exact) mass is 527 g/mol. The standard InChI is InChI=1S/C18H12BrClF5N3OS/c19-8-1-2-10(20)9(7-8)17(29)26-18(30)28-5-3-27(4-6-28)16-14(24)12(22)11(21)13(23)15(16)25/h1-2,7H,3-6H2,(H,26,29,30). The summed E-state index contributed by atoms with van der Waals surface area (Å²) in [5, 5.41) is 2.78. The maximum atomic E-state index is 14.0. The van der Waals surface area contributed by atoms with Gasteiger partial charge in [-0.25, -0.2) is 22.0 Å². The van der Waals surface area contributed by atoms with Crippen LogP contribution < -0.4 is 10.2 Å². The molecule has 2 aromatic carbocycles. The molecule has 160 valence electrons. The lowest BCUT2D eigenvalue weighted by atomic mass is 10.2. The van der Waals surface area contributed by atoms with Crippen molar-refractivity contribution in [1.29, 1.82) is 0 Å². The molecule has 1 heterocycles. The average molecular weight is 529 g/mol. The molecular formula is C18H12BrClF5N3OS. The number of carbonyl (C=O) groups is 1. The Bertz CT molecular complexity index is 1000. The molecule has 0 aromatic heterocycles. The maximum absolute atomic E-state index is 14.0. The fourth-order valence-electron chi connectivity index (χ4n) is 2.92. The SMILES string of the molecule is O=C(NC(=S)N1CCN(c2c(F)c(F)c(F)c(F)c2F)CC1)c1cc(Br)ccc1Cl. The minimum Gasteiger partial charge on any atom is -0.363 e. The molecular weight excluding hydrogens is 517 g/mol. The van der Waals surface area contributed by atoms with Crippen molar-refractivity contribution in [2.45, 2.75) is 0 Å². The van der Waals surface area contributed by atoms with Crippen LogP contribution in [0.5, 0.6) is 0 Å². The van der Waals surface area contributed by atoms with E-state index in [1.165, 1.54) is 12.1 Å². The van der Waals surface area contributed by atoms with E-state index in [-0.39, 0.29) is 41.9 Å². The number of nitrogens with zero attached hydrogens (tertiary/aromatic N) is 2. The fourth-order valence-corrected chi connectivity index (χ4v) is 3.76. The van der Waals surface area contributed by atoms with Gasteiger partial charge in [-0.15, -0.1) is 0 Å². The van der Waals surface area contributed by atoms with Crippen molar-refractivity contribution in [3.8, 4) is 0 Å². The lowest BCUT2D eigenvalue weighted by Gasteiger charge is -2.37. The molecule has 1 aliphatic rings. The quantitative estimate of drug-likeness (QED) is 0.267. The zero-order valence-electron chi connectivity index (χ0n) is 14.9. The number of anilines is 1. The minimum absolute atomic E-state index is 0.0492. The molecule has 0 atom stereocenters. The van der Waals surface area contributed by atoms with Gasteiger partial charge in [-0.3, -0.25) is 10.1 Å². The van der Waals surface area contributed by atoms with Gasteiger partial charge < -0.3 is 9.80 Å². The molecule has 1 saturated heterocycles. The summed E-state index contributed by atoms with van der Waals surface area (Å²) >= 11 is 14.4. The van der Waals surface area contributed by atoms with Crippen LogP contribution in [0.4, 0.5) is 27.6 Å². The van der Waals surface area contributed by atoms with Crippen LogP contribution in [0.2, 0.25) is 5.02 Å². The zero-order valence-corrected chi connectivity index (χ0v) is 18.1. The molecule has 0 unspecified atom stereocenters. The van der Waals surface area contributed by atoms with Crippen LogP contribution >= 0.6 is 39.7 Å². The van der Waals surface area contributed by atoms with Crippen LogP contribution in [0.15, 0.2) is 22.7 Å². The number of benzene rings is 2. The highest BCUT2D eigenvalue weighted by Crippen LogP contribution is 2.31. The molecule has 30 heavy (non-hydrogen) atoms. The van der Waals surface area contributed by atoms with E-state index in [0.29, 0.717) is 4.47 Å². The second kappa shape index (κ2) is 9.03. The van der Waals surface area contributed by atoms with Crippen molar-refractivity contribution < 1.29 is 26.7 Å². The Morgan fingerprint density at radius 3 is 2.07 bits per heavy atom. The number of carbonyl (C=O) groups excluding carboxylic acids is 1. The summed E-state index contributed by atoms with van der Waals surface area (Å²) < 4.78 is 68.8. The summed E-state index contributed by atoms with van der Waals surface area (Å²) in [7, 11) is 0. The number of halogens is 7. The number of nitrogens with one attached hydrogen (secondary N) is 1. The summed E-state index contributed by atoms with van der Waals surface area (Å²) in [5.74, 6) is -10.5. The highest BCUT2D eigenvalue weighted by molar-refractivity contribution is 9.10. The molecule has 1 fully saturated rings. The van der Waals surface area contributed by atoms with Crippen LogP contribution in [-0.4, -0.2) is 42.1 Å². The number of rotatable bonds is 2. The summed E-state index contributed by atoms with van der Waals surface area (Å²) in [5.41, 5.74) is -0.796. The van der Waals surface area contributed by atoms with Gasteiger partial charge in [0.25, 0.3) is 5.91 Å². The van der Waals surface area contributed by atoms with Crippen LogP contribution in [0.3, 0.4) is 0 Å². The van der Waals surface area contributed by atoms with Crippen molar-refractivity contribution in [3.05, 3.63) is 62.3 Å². The summed E-state index contributed by atoms with van der Waals surface area (Å²) in [6.45, 7) is 0.0215. The Morgan fingerprint density at radius 1 is 0.967 bits per heavy atom. The van der Waals surface area contributed by atoms with Gasteiger partial charge in [-0.2, -0.15) is 0 Å². The summed E-state index contributed by atoms with van der Waals surface area (Å²) in [6, 6.07) is 4.71. The number of hydrogen-bond acceptors (Lipinski definition) is 3. The van der Waals surface area contributed by atoms with Crippen LogP contribution in [0.25, 0.3) is 0 Å². The normalized spacial score (nSPS) is 14.1. The number of thiocarbonyl (C=S) groups is 1. The third kappa shape index (κ3) is 4.37. The molecule has 0 aliphatic carbocycles. The first-order valence-electron chi connectivity index (χ1n) is 8.43. The van der Waals surface area contributed by atoms with Gasteiger partial charge in [0.15, 0.2) is 28.4 Å². The van der Waals surface area contributed by atoms with Crippen molar-refractivity contribution in [2.75, 3.05) is 31.1 Å². The largest absolute Gasteiger partial charge is 0.363 e. The molecule has 12 heteroatoms.